The number of hydrogen-bond acceptors (Lipinski definition) is 3. The second-order valence-electron chi connectivity index (χ2n) is 5.69. The second kappa shape index (κ2) is 6.49. The minimum atomic E-state index is -0.926. The highest BCUT2D eigenvalue weighted by molar-refractivity contribution is 6.30. The summed E-state index contributed by atoms with van der Waals surface area (Å²) in [5, 5.41) is 10.4. The molecule has 0 fully saturated rings. The highest BCUT2D eigenvalue weighted by Gasteiger charge is 2.31. The molecule has 0 saturated heterocycles. The number of carbonyl (C=O) groups is 1. The minimum Gasteiger partial charge on any atom is -0.478 e. The maximum Gasteiger partial charge on any atom is 0.334 e. The van der Waals surface area contributed by atoms with Crippen LogP contribution in [0.4, 0.5) is 5.69 Å². The summed E-state index contributed by atoms with van der Waals surface area (Å²) >= 11 is 5.95. The van der Waals surface area contributed by atoms with E-state index in [1.807, 2.05) is 49.1 Å². The van der Waals surface area contributed by atoms with Crippen molar-refractivity contribution in [3.05, 3.63) is 82.4 Å². The van der Waals surface area contributed by atoms with Gasteiger partial charge >= 0.3 is 5.97 Å². The second-order valence-corrected chi connectivity index (χ2v) is 6.12. The van der Waals surface area contributed by atoms with Crippen molar-refractivity contribution in [1.29, 1.82) is 0 Å². The summed E-state index contributed by atoms with van der Waals surface area (Å²) in [5.41, 5.74) is 3.76. The van der Waals surface area contributed by atoms with Gasteiger partial charge < -0.3 is 10.0 Å². The normalized spacial score (nSPS) is 17.7. The van der Waals surface area contributed by atoms with E-state index >= 15 is 0 Å². The van der Waals surface area contributed by atoms with Crippen LogP contribution in [0.15, 0.2) is 71.8 Å². The summed E-state index contributed by atoms with van der Waals surface area (Å²) in [7, 11) is 0. The molecular formula is C19H17ClN2O2. The van der Waals surface area contributed by atoms with Crippen LogP contribution >= 0.6 is 11.6 Å². The molecule has 1 atom stereocenters. The fourth-order valence-corrected chi connectivity index (χ4v) is 3.24. The monoisotopic (exact) mass is 340 g/mol. The molecule has 0 aliphatic carbocycles. The number of aliphatic carboxylic acids is 1. The Bertz CT molecular complexity index is 826. The van der Waals surface area contributed by atoms with Gasteiger partial charge in [0.05, 0.1) is 17.5 Å². The van der Waals surface area contributed by atoms with Crippen LogP contribution < -0.4 is 4.90 Å². The molecule has 1 unspecified atom stereocenters. The smallest absolute Gasteiger partial charge is 0.334 e. The number of benzene rings is 1. The van der Waals surface area contributed by atoms with Crippen molar-refractivity contribution in [1.82, 2.24) is 4.98 Å². The Kier molecular flexibility index (Phi) is 4.40. The lowest BCUT2D eigenvalue weighted by molar-refractivity contribution is -0.132. The van der Waals surface area contributed by atoms with Gasteiger partial charge in [0.2, 0.25) is 0 Å². The number of pyridine rings is 1. The molecule has 24 heavy (non-hydrogen) atoms. The first kappa shape index (κ1) is 16.3. The molecular weight excluding hydrogens is 324 g/mol. The van der Waals surface area contributed by atoms with Gasteiger partial charge in [0.15, 0.2) is 0 Å². The number of carboxylic acid groups (broad SMARTS) is 1. The Morgan fingerprint density at radius 3 is 2.50 bits per heavy atom. The van der Waals surface area contributed by atoms with Crippen molar-refractivity contribution in [3.63, 3.8) is 0 Å². The van der Waals surface area contributed by atoms with Crippen LogP contribution in [0.2, 0.25) is 5.02 Å². The van der Waals surface area contributed by atoms with Gasteiger partial charge in [-0.1, -0.05) is 29.8 Å². The minimum absolute atomic E-state index is 0.312. The third-order valence-corrected chi connectivity index (χ3v) is 4.41. The van der Waals surface area contributed by atoms with Gasteiger partial charge in [-0.15, -0.1) is 0 Å². The fourth-order valence-electron chi connectivity index (χ4n) is 3.11. The number of anilines is 1. The predicted molar refractivity (Wildman–Crippen MR) is 95.0 cm³/mol. The van der Waals surface area contributed by atoms with Gasteiger partial charge in [-0.25, -0.2) is 4.79 Å². The summed E-state index contributed by atoms with van der Waals surface area (Å²) in [6.07, 6.45) is 5.38. The summed E-state index contributed by atoms with van der Waals surface area (Å²) in [5.74, 6) is -1.24. The van der Waals surface area contributed by atoms with Gasteiger partial charge in [0.25, 0.3) is 0 Å². The lowest BCUT2D eigenvalue weighted by atomic mass is 9.86. The quantitative estimate of drug-likeness (QED) is 0.887. The van der Waals surface area contributed by atoms with Crippen LogP contribution in [-0.2, 0) is 4.79 Å². The van der Waals surface area contributed by atoms with E-state index in [0.29, 0.717) is 16.3 Å². The zero-order chi connectivity index (χ0) is 17.3. The van der Waals surface area contributed by atoms with Gasteiger partial charge in [0, 0.05) is 28.5 Å². The largest absolute Gasteiger partial charge is 0.478 e. The van der Waals surface area contributed by atoms with Crippen LogP contribution in [0.5, 0.6) is 0 Å². The average molecular weight is 341 g/mol. The molecule has 5 heteroatoms. The Hall–Kier alpha value is -2.59. The van der Waals surface area contributed by atoms with Crippen LogP contribution in [0, 0.1) is 0 Å². The molecule has 1 aliphatic rings. The lowest BCUT2D eigenvalue weighted by Crippen LogP contribution is -2.29. The maximum absolute atomic E-state index is 11.9. The zero-order valence-corrected chi connectivity index (χ0v) is 14.2. The summed E-state index contributed by atoms with van der Waals surface area (Å²) in [6, 6.07) is 11.0. The lowest BCUT2D eigenvalue weighted by Gasteiger charge is -2.34. The van der Waals surface area contributed by atoms with Crippen LogP contribution in [0.1, 0.15) is 25.3 Å². The summed E-state index contributed by atoms with van der Waals surface area (Å²) in [4.78, 5) is 18.0. The van der Waals surface area contributed by atoms with Crippen molar-refractivity contribution in [2.45, 2.75) is 19.8 Å². The van der Waals surface area contributed by atoms with E-state index in [-0.39, 0.29) is 5.92 Å². The van der Waals surface area contributed by atoms with E-state index in [1.165, 1.54) is 0 Å². The number of hydrogen-bond donors (Lipinski definition) is 1. The van der Waals surface area contributed by atoms with Gasteiger partial charge in [-0.3, -0.25) is 4.98 Å². The molecule has 0 amide bonds. The van der Waals surface area contributed by atoms with Crippen molar-refractivity contribution in [2.24, 2.45) is 0 Å². The van der Waals surface area contributed by atoms with Crippen molar-refractivity contribution in [3.8, 4) is 0 Å². The molecule has 0 bridgehead atoms. The number of allylic oxidation sites excluding steroid dienone is 3. The van der Waals surface area contributed by atoms with E-state index in [1.54, 1.807) is 24.5 Å². The van der Waals surface area contributed by atoms with Crippen LogP contribution in [0.25, 0.3) is 0 Å². The molecule has 2 heterocycles. The average Bonchev–Trinajstić information content (AvgIpc) is 2.55. The van der Waals surface area contributed by atoms with Gasteiger partial charge in [-0.2, -0.15) is 0 Å². The van der Waals surface area contributed by atoms with Crippen molar-refractivity contribution < 1.29 is 9.90 Å². The number of rotatable bonds is 3. The Morgan fingerprint density at radius 1 is 1.21 bits per heavy atom. The molecule has 0 spiro atoms. The third-order valence-electron chi connectivity index (χ3n) is 4.16. The van der Waals surface area contributed by atoms with Crippen LogP contribution in [-0.4, -0.2) is 16.1 Å². The molecule has 4 nitrogen and oxygen atoms in total. The maximum atomic E-state index is 11.9. The Labute approximate surface area is 145 Å². The van der Waals surface area contributed by atoms with Crippen molar-refractivity contribution in [2.75, 3.05) is 4.90 Å². The highest BCUT2D eigenvalue weighted by atomic mass is 35.5. The van der Waals surface area contributed by atoms with Crippen LogP contribution in [0.3, 0.4) is 0 Å². The van der Waals surface area contributed by atoms with E-state index in [2.05, 4.69) is 4.98 Å². The zero-order valence-electron chi connectivity index (χ0n) is 13.4. The molecule has 1 aromatic heterocycles. The Morgan fingerprint density at radius 2 is 1.92 bits per heavy atom. The summed E-state index contributed by atoms with van der Waals surface area (Å²) < 4.78 is 0. The molecule has 0 radical (unpaired) electrons. The van der Waals surface area contributed by atoms with Gasteiger partial charge in [0.1, 0.15) is 0 Å². The molecule has 122 valence electrons. The number of halogens is 1. The summed E-state index contributed by atoms with van der Waals surface area (Å²) in [6.45, 7) is 3.80. The third kappa shape index (κ3) is 2.93. The van der Waals surface area contributed by atoms with E-state index in [4.69, 9.17) is 11.6 Å². The number of aromatic nitrogens is 1. The first-order valence-corrected chi connectivity index (χ1v) is 7.95. The molecule has 1 N–H and O–H groups in total. The van der Waals surface area contributed by atoms with E-state index in [9.17, 15) is 9.90 Å². The first-order valence-electron chi connectivity index (χ1n) is 7.57. The predicted octanol–water partition coefficient (Wildman–Crippen LogP) is 4.60. The SMILES string of the molecule is CC1=CC(c2ccc(Cl)cc2)C(C(=O)O)=C(C)N1c1cccnc1. The van der Waals surface area contributed by atoms with Crippen molar-refractivity contribution >= 4 is 23.3 Å². The topological polar surface area (TPSA) is 53.4 Å². The highest BCUT2D eigenvalue weighted by Crippen LogP contribution is 2.38. The number of nitrogens with zero attached hydrogens (tertiary/aromatic N) is 2. The van der Waals surface area contributed by atoms with E-state index < -0.39 is 5.97 Å². The number of carboxylic acids is 1. The van der Waals surface area contributed by atoms with E-state index in [0.717, 1.165) is 16.9 Å². The first-order chi connectivity index (χ1) is 11.5. The standard InChI is InChI=1S/C19H17ClN2O2/c1-12-10-17(14-5-7-15(20)8-6-14)18(19(23)24)13(2)22(12)16-4-3-9-21-11-16/h3-11,17H,1-2H3,(H,23,24). The fraction of sp³-hybridized carbons (Fsp3) is 0.158. The molecule has 3 rings (SSSR count). The molecule has 1 aromatic carbocycles. The molecule has 1 aliphatic heterocycles. The molecule has 2 aromatic rings. The molecule has 0 saturated carbocycles. The van der Waals surface area contributed by atoms with Gasteiger partial charge in [-0.05, 0) is 43.7 Å². The Balaban J connectivity index is 2.12.